The van der Waals surface area contributed by atoms with Gasteiger partial charge in [0.1, 0.15) is 11.5 Å². The lowest BCUT2D eigenvalue weighted by Gasteiger charge is -2.08. The van der Waals surface area contributed by atoms with Gasteiger partial charge in [-0.1, -0.05) is 0 Å². The molecule has 5 heteroatoms. The molecule has 21 heavy (non-hydrogen) atoms. The summed E-state index contributed by atoms with van der Waals surface area (Å²) >= 11 is 2.22. The maximum Gasteiger partial charge on any atom is 0.262 e. The molecule has 0 saturated carbocycles. The van der Waals surface area contributed by atoms with Crippen molar-refractivity contribution >= 4 is 34.2 Å². The van der Waals surface area contributed by atoms with Crippen molar-refractivity contribution in [1.29, 1.82) is 0 Å². The highest BCUT2D eigenvalue weighted by Crippen LogP contribution is 2.16. The van der Waals surface area contributed by atoms with Gasteiger partial charge in [0.25, 0.3) is 5.91 Å². The zero-order valence-corrected chi connectivity index (χ0v) is 13.8. The third-order valence-electron chi connectivity index (χ3n) is 2.63. The van der Waals surface area contributed by atoms with Crippen LogP contribution in [0.3, 0.4) is 0 Å². The smallest absolute Gasteiger partial charge is 0.262 e. The van der Waals surface area contributed by atoms with Gasteiger partial charge in [0.2, 0.25) is 0 Å². The number of carbonyl (C=O) groups is 1. The van der Waals surface area contributed by atoms with Gasteiger partial charge in [0.05, 0.1) is 6.61 Å². The molecule has 2 aromatic rings. The second kappa shape index (κ2) is 7.87. The van der Waals surface area contributed by atoms with E-state index in [9.17, 15) is 4.79 Å². The first kappa shape index (κ1) is 15.6. The minimum Gasteiger partial charge on any atom is -0.494 e. The molecule has 2 rings (SSSR count). The lowest BCUT2D eigenvalue weighted by molar-refractivity contribution is -0.118. The third kappa shape index (κ3) is 5.26. The molecule has 0 aliphatic heterocycles. The van der Waals surface area contributed by atoms with E-state index in [0.717, 1.165) is 15.0 Å². The summed E-state index contributed by atoms with van der Waals surface area (Å²) in [6.07, 6.45) is 0. The number of nitrogens with one attached hydrogen (secondary N) is 1. The van der Waals surface area contributed by atoms with Crippen LogP contribution in [0.1, 0.15) is 6.92 Å². The molecule has 0 heterocycles. The highest BCUT2D eigenvalue weighted by atomic mass is 127. The second-order valence-corrected chi connectivity index (χ2v) is 5.49. The van der Waals surface area contributed by atoms with Gasteiger partial charge in [-0.05, 0) is 78.0 Å². The largest absolute Gasteiger partial charge is 0.494 e. The molecule has 0 aliphatic rings. The molecule has 4 nitrogen and oxygen atoms in total. The van der Waals surface area contributed by atoms with Crippen molar-refractivity contribution < 1.29 is 14.3 Å². The Bertz CT molecular complexity index is 581. The molecule has 0 aliphatic carbocycles. The van der Waals surface area contributed by atoms with Crippen LogP contribution in [-0.4, -0.2) is 19.1 Å². The predicted molar refractivity (Wildman–Crippen MR) is 90.9 cm³/mol. The number of hydrogen-bond donors (Lipinski definition) is 1. The van der Waals surface area contributed by atoms with Crippen molar-refractivity contribution in [3.63, 3.8) is 0 Å². The van der Waals surface area contributed by atoms with Crippen molar-refractivity contribution in [1.82, 2.24) is 0 Å². The first-order valence-corrected chi connectivity index (χ1v) is 7.66. The molecule has 0 unspecified atom stereocenters. The van der Waals surface area contributed by atoms with Crippen LogP contribution in [0.25, 0.3) is 0 Å². The van der Waals surface area contributed by atoms with Gasteiger partial charge in [0.15, 0.2) is 6.61 Å². The average Bonchev–Trinajstić information content (AvgIpc) is 2.49. The average molecular weight is 397 g/mol. The molecule has 0 bridgehead atoms. The number of carbonyl (C=O) groups excluding carboxylic acids is 1. The number of hydrogen-bond acceptors (Lipinski definition) is 3. The molecule has 1 N–H and O–H groups in total. The maximum atomic E-state index is 11.8. The van der Waals surface area contributed by atoms with Crippen molar-refractivity contribution in [2.24, 2.45) is 0 Å². The summed E-state index contributed by atoms with van der Waals surface area (Å²) in [7, 11) is 0. The van der Waals surface area contributed by atoms with Crippen LogP contribution in [-0.2, 0) is 4.79 Å². The highest BCUT2D eigenvalue weighted by Gasteiger charge is 2.04. The summed E-state index contributed by atoms with van der Waals surface area (Å²) in [6, 6.07) is 14.8. The third-order valence-corrected chi connectivity index (χ3v) is 3.35. The molecule has 1 amide bonds. The SMILES string of the molecule is CCOc1ccc(NC(=O)COc2ccc(I)cc2)cc1. The van der Waals surface area contributed by atoms with Crippen molar-refractivity contribution in [3.8, 4) is 11.5 Å². The Morgan fingerprint density at radius 1 is 1.00 bits per heavy atom. The van der Waals surface area contributed by atoms with Crippen LogP contribution in [0.2, 0.25) is 0 Å². The zero-order valence-electron chi connectivity index (χ0n) is 11.6. The predicted octanol–water partition coefficient (Wildman–Crippen LogP) is 3.71. The Morgan fingerprint density at radius 2 is 1.57 bits per heavy atom. The fraction of sp³-hybridized carbons (Fsp3) is 0.188. The van der Waals surface area contributed by atoms with E-state index in [1.165, 1.54) is 0 Å². The summed E-state index contributed by atoms with van der Waals surface area (Å²) in [5.74, 6) is 1.26. The van der Waals surface area contributed by atoms with Gasteiger partial charge >= 0.3 is 0 Å². The first-order valence-electron chi connectivity index (χ1n) is 6.58. The quantitative estimate of drug-likeness (QED) is 0.757. The highest BCUT2D eigenvalue weighted by molar-refractivity contribution is 14.1. The Balaban J connectivity index is 1.82. The van der Waals surface area contributed by atoms with Gasteiger partial charge in [-0.3, -0.25) is 4.79 Å². The molecule has 2 aromatic carbocycles. The van der Waals surface area contributed by atoms with E-state index in [1.807, 2.05) is 43.3 Å². The van der Waals surface area contributed by atoms with E-state index < -0.39 is 0 Å². The molecular formula is C16H16INO3. The number of rotatable bonds is 6. The van der Waals surface area contributed by atoms with Crippen LogP contribution >= 0.6 is 22.6 Å². The van der Waals surface area contributed by atoms with Gasteiger partial charge in [-0.25, -0.2) is 0 Å². The van der Waals surface area contributed by atoms with E-state index in [2.05, 4.69) is 27.9 Å². The molecule has 110 valence electrons. The van der Waals surface area contributed by atoms with Gasteiger partial charge in [-0.15, -0.1) is 0 Å². The summed E-state index contributed by atoms with van der Waals surface area (Å²) in [6.45, 7) is 2.53. The van der Waals surface area contributed by atoms with Crippen molar-refractivity contribution in [2.75, 3.05) is 18.5 Å². The maximum absolute atomic E-state index is 11.8. The Labute approximate surface area is 137 Å². The van der Waals surface area contributed by atoms with Gasteiger partial charge < -0.3 is 14.8 Å². The van der Waals surface area contributed by atoms with Gasteiger partial charge in [0, 0.05) is 9.26 Å². The fourth-order valence-corrected chi connectivity index (χ4v) is 2.04. The Morgan fingerprint density at radius 3 is 2.19 bits per heavy atom. The van der Waals surface area contributed by atoms with Crippen molar-refractivity contribution in [3.05, 3.63) is 52.1 Å². The molecule has 0 atom stereocenters. The first-order chi connectivity index (χ1) is 10.2. The molecule has 0 spiro atoms. The molecule has 0 saturated heterocycles. The molecule has 0 radical (unpaired) electrons. The molecular weight excluding hydrogens is 381 g/mol. The summed E-state index contributed by atoms with van der Waals surface area (Å²) in [4.78, 5) is 11.8. The fourth-order valence-electron chi connectivity index (χ4n) is 1.68. The Hall–Kier alpha value is -1.76. The van der Waals surface area contributed by atoms with Gasteiger partial charge in [-0.2, -0.15) is 0 Å². The van der Waals surface area contributed by atoms with E-state index in [0.29, 0.717) is 12.4 Å². The molecule has 0 fully saturated rings. The standard InChI is InChI=1S/C16H16INO3/c1-2-20-14-9-5-13(6-10-14)18-16(19)11-21-15-7-3-12(17)4-8-15/h3-10H,2,11H2,1H3,(H,18,19). The summed E-state index contributed by atoms with van der Waals surface area (Å²) < 4.78 is 11.9. The minimum absolute atomic E-state index is 0.0200. The monoisotopic (exact) mass is 397 g/mol. The van der Waals surface area contributed by atoms with Crippen LogP contribution in [0, 0.1) is 3.57 Å². The van der Waals surface area contributed by atoms with E-state index in [-0.39, 0.29) is 12.5 Å². The number of amides is 1. The lowest BCUT2D eigenvalue weighted by Crippen LogP contribution is -2.20. The normalized spacial score (nSPS) is 10.0. The van der Waals surface area contributed by atoms with E-state index in [4.69, 9.17) is 9.47 Å². The van der Waals surface area contributed by atoms with Crippen LogP contribution < -0.4 is 14.8 Å². The summed E-state index contributed by atoms with van der Waals surface area (Å²) in [5.41, 5.74) is 0.717. The van der Waals surface area contributed by atoms with Crippen LogP contribution in [0.5, 0.6) is 11.5 Å². The number of ether oxygens (including phenoxy) is 2. The number of halogens is 1. The van der Waals surface area contributed by atoms with Crippen molar-refractivity contribution in [2.45, 2.75) is 6.92 Å². The molecule has 0 aromatic heterocycles. The minimum atomic E-state index is -0.197. The topological polar surface area (TPSA) is 47.6 Å². The lowest BCUT2D eigenvalue weighted by atomic mass is 10.3. The summed E-state index contributed by atoms with van der Waals surface area (Å²) in [5, 5.41) is 2.77. The number of benzene rings is 2. The second-order valence-electron chi connectivity index (χ2n) is 4.25. The Kier molecular flexibility index (Phi) is 5.86. The van der Waals surface area contributed by atoms with Crippen LogP contribution in [0.4, 0.5) is 5.69 Å². The van der Waals surface area contributed by atoms with E-state index >= 15 is 0 Å². The van der Waals surface area contributed by atoms with E-state index in [1.54, 1.807) is 12.1 Å². The number of anilines is 1. The zero-order chi connectivity index (χ0) is 15.1. The van der Waals surface area contributed by atoms with Crippen LogP contribution in [0.15, 0.2) is 48.5 Å².